The molecule has 7 nitrogen and oxygen atoms in total. The molecular formula is C22H35N3O4. The summed E-state index contributed by atoms with van der Waals surface area (Å²) in [5.41, 5.74) is 2.06. The summed E-state index contributed by atoms with van der Waals surface area (Å²) in [6, 6.07) is 4.06. The SMILES string of the molecule is Cc1cc(C)cc(C(C(=O)NC(C)C)N(C)C(=O)C(C)NC(=O)OC(C)(C)C)c1. The summed E-state index contributed by atoms with van der Waals surface area (Å²) >= 11 is 0. The second kappa shape index (κ2) is 9.76. The Morgan fingerprint density at radius 1 is 0.966 bits per heavy atom. The van der Waals surface area contributed by atoms with E-state index in [0.717, 1.165) is 16.7 Å². The first kappa shape index (κ1) is 24.5. The highest BCUT2D eigenvalue weighted by Gasteiger charge is 2.32. The quantitative estimate of drug-likeness (QED) is 0.761. The molecule has 0 fully saturated rings. The van der Waals surface area contributed by atoms with Gasteiger partial charge in [0.1, 0.15) is 17.7 Å². The van der Waals surface area contributed by atoms with Crippen LogP contribution in [-0.4, -0.2) is 47.5 Å². The van der Waals surface area contributed by atoms with Gasteiger partial charge >= 0.3 is 6.09 Å². The maximum absolute atomic E-state index is 13.0. The molecule has 0 aromatic heterocycles. The molecule has 1 aromatic carbocycles. The molecule has 0 aliphatic heterocycles. The van der Waals surface area contributed by atoms with Crippen LogP contribution in [-0.2, 0) is 14.3 Å². The van der Waals surface area contributed by atoms with E-state index in [9.17, 15) is 14.4 Å². The minimum Gasteiger partial charge on any atom is -0.444 e. The van der Waals surface area contributed by atoms with Gasteiger partial charge in [0.15, 0.2) is 0 Å². The van der Waals surface area contributed by atoms with Crippen LogP contribution in [0.25, 0.3) is 0 Å². The minimum absolute atomic E-state index is 0.0725. The highest BCUT2D eigenvalue weighted by Crippen LogP contribution is 2.23. The maximum Gasteiger partial charge on any atom is 0.408 e. The summed E-state index contributed by atoms with van der Waals surface area (Å²) in [4.78, 5) is 39.3. The largest absolute Gasteiger partial charge is 0.444 e. The summed E-state index contributed by atoms with van der Waals surface area (Å²) in [7, 11) is 1.57. The number of nitrogens with zero attached hydrogens (tertiary/aromatic N) is 1. The van der Waals surface area contributed by atoms with E-state index >= 15 is 0 Å². The number of benzene rings is 1. The Labute approximate surface area is 174 Å². The van der Waals surface area contributed by atoms with Gasteiger partial charge in [0, 0.05) is 13.1 Å². The van der Waals surface area contributed by atoms with Crippen LogP contribution in [0.1, 0.15) is 64.3 Å². The number of hydrogen-bond donors (Lipinski definition) is 2. The first-order chi connectivity index (χ1) is 13.2. The predicted molar refractivity (Wildman–Crippen MR) is 114 cm³/mol. The molecule has 0 saturated carbocycles. The maximum atomic E-state index is 13.0. The molecule has 2 atom stereocenters. The van der Waals surface area contributed by atoms with Crippen LogP contribution >= 0.6 is 0 Å². The number of alkyl carbamates (subject to hydrolysis) is 1. The lowest BCUT2D eigenvalue weighted by Crippen LogP contribution is -2.51. The molecule has 1 rings (SSSR count). The van der Waals surface area contributed by atoms with Crippen LogP contribution in [0.15, 0.2) is 18.2 Å². The van der Waals surface area contributed by atoms with Gasteiger partial charge in [-0.2, -0.15) is 0 Å². The summed E-state index contributed by atoms with van der Waals surface area (Å²) in [5.74, 6) is -0.663. The summed E-state index contributed by atoms with van der Waals surface area (Å²) in [6.07, 6.45) is -0.679. The van der Waals surface area contributed by atoms with Gasteiger partial charge < -0.3 is 20.3 Å². The molecule has 0 bridgehead atoms. The van der Waals surface area contributed by atoms with Gasteiger partial charge in [-0.15, -0.1) is 0 Å². The van der Waals surface area contributed by atoms with Crippen LogP contribution in [0.5, 0.6) is 0 Å². The zero-order valence-electron chi connectivity index (χ0n) is 19.0. The first-order valence-corrected chi connectivity index (χ1v) is 9.86. The third-order valence-corrected chi connectivity index (χ3v) is 4.08. The summed E-state index contributed by atoms with van der Waals surface area (Å²) in [6.45, 7) is 14.4. The molecule has 0 aliphatic rings. The standard InChI is InChI=1S/C22H35N3O4/c1-13(2)23-19(26)18(17-11-14(3)10-15(4)12-17)25(9)20(27)16(5)24-21(28)29-22(6,7)8/h10-13,16,18H,1-9H3,(H,23,26)(H,24,28). The van der Waals surface area contributed by atoms with Gasteiger partial charge in [-0.25, -0.2) is 4.79 Å². The van der Waals surface area contributed by atoms with E-state index in [4.69, 9.17) is 4.74 Å². The molecule has 2 N–H and O–H groups in total. The molecule has 0 heterocycles. The van der Waals surface area contributed by atoms with Crippen molar-refractivity contribution in [1.82, 2.24) is 15.5 Å². The van der Waals surface area contributed by atoms with Crippen LogP contribution in [0.2, 0.25) is 0 Å². The van der Waals surface area contributed by atoms with Gasteiger partial charge in [0.05, 0.1) is 0 Å². The third-order valence-electron chi connectivity index (χ3n) is 4.08. The third kappa shape index (κ3) is 7.75. The highest BCUT2D eigenvalue weighted by atomic mass is 16.6. The molecule has 162 valence electrons. The van der Waals surface area contributed by atoms with Crippen LogP contribution < -0.4 is 10.6 Å². The predicted octanol–water partition coefficient (Wildman–Crippen LogP) is 3.24. The molecule has 0 saturated heterocycles. The molecular weight excluding hydrogens is 370 g/mol. The minimum atomic E-state index is -0.852. The monoisotopic (exact) mass is 405 g/mol. The fraction of sp³-hybridized carbons (Fsp3) is 0.591. The van der Waals surface area contributed by atoms with Crippen molar-refractivity contribution in [2.45, 2.75) is 79.1 Å². The fourth-order valence-electron chi connectivity index (χ4n) is 3.06. The van der Waals surface area contributed by atoms with Gasteiger partial charge in [-0.05, 0) is 61.0 Å². The van der Waals surface area contributed by atoms with Crippen molar-refractivity contribution in [3.05, 3.63) is 34.9 Å². The number of ether oxygens (including phenoxy) is 1. The normalized spacial score (nSPS) is 13.4. The Kier molecular flexibility index (Phi) is 8.24. The number of amides is 3. The summed E-state index contributed by atoms with van der Waals surface area (Å²) < 4.78 is 5.21. The molecule has 2 unspecified atom stereocenters. The zero-order chi connectivity index (χ0) is 22.5. The van der Waals surface area contributed by atoms with E-state index < -0.39 is 23.8 Å². The second-order valence-corrected chi connectivity index (χ2v) is 8.80. The van der Waals surface area contributed by atoms with Crippen LogP contribution in [0.3, 0.4) is 0 Å². The smallest absolute Gasteiger partial charge is 0.408 e. The zero-order valence-corrected chi connectivity index (χ0v) is 19.0. The number of hydrogen-bond acceptors (Lipinski definition) is 4. The van der Waals surface area contributed by atoms with Gasteiger partial charge in [-0.1, -0.05) is 29.3 Å². The number of nitrogens with one attached hydrogen (secondary N) is 2. The Morgan fingerprint density at radius 2 is 1.48 bits per heavy atom. The topological polar surface area (TPSA) is 87.7 Å². The Bertz CT molecular complexity index is 733. The van der Waals surface area contributed by atoms with Crippen molar-refractivity contribution in [2.24, 2.45) is 0 Å². The number of rotatable bonds is 6. The lowest BCUT2D eigenvalue weighted by molar-refractivity contribution is -0.140. The Hall–Kier alpha value is -2.57. The van der Waals surface area contributed by atoms with Crippen molar-refractivity contribution >= 4 is 17.9 Å². The number of aryl methyl sites for hydroxylation is 2. The van der Waals surface area contributed by atoms with Crippen LogP contribution in [0.4, 0.5) is 4.79 Å². The Morgan fingerprint density at radius 3 is 1.93 bits per heavy atom. The first-order valence-electron chi connectivity index (χ1n) is 9.86. The lowest BCUT2D eigenvalue weighted by Gasteiger charge is -2.31. The fourth-order valence-corrected chi connectivity index (χ4v) is 3.06. The molecule has 1 aromatic rings. The van der Waals surface area contributed by atoms with E-state index in [-0.39, 0.29) is 17.9 Å². The van der Waals surface area contributed by atoms with Crippen molar-refractivity contribution < 1.29 is 19.1 Å². The van der Waals surface area contributed by atoms with Crippen molar-refractivity contribution in [3.63, 3.8) is 0 Å². The molecule has 0 spiro atoms. The van der Waals surface area contributed by atoms with Gasteiger partial charge in [0.2, 0.25) is 11.8 Å². The summed E-state index contributed by atoms with van der Waals surface area (Å²) in [5, 5.41) is 5.42. The molecule has 29 heavy (non-hydrogen) atoms. The van der Waals surface area contributed by atoms with E-state index in [0.29, 0.717) is 0 Å². The van der Waals surface area contributed by atoms with Crippen molar-refractivity contribution in [3.8, 4) is 0 Å². The molecule has 0 aliphatic carbocycles. The lowest BCUT2D eigenvalue weighted by atomic mass is 9.99. The van der Waals surface area contributed by atoms with Crippen molar-refractivity contribution in [2.75, 3.05) is 7.05 Å². The molecule has 3 amide bonds. The van der Waals surface area contributed by atoms with E-state index in [1.165, 1.54) is 4.90 Å². The Balaban J connectivity index is 3.12. The molecule has 0 radical (unpaired) electrons. The van der Waals surface area contributed by atoms with Gasteiger partial charge in [-0.3, -0.25) is 9.59 Å². The molecule has 7 heteroatoms. The van der Waals surface area contributed by atoms with E-state index in [1.54, 1.807) is 34.7 Å². The highest BCUT2D eigenvalue weighted by molar-refractivity contribution is 5.91. The average Bonchev–Trinajstić information content (AvgIpc) is 2.50. The van der Waals surface area contributed by atoms with Gasteiger partial charge in [0.25, 0.3) is 0 Å². The number of carbonyl (C=O) groups is 3. The van der Waals surface area contributed by atoms with E-state index in [1.807, 2.05) is 45.9 Å². The average molecular weight is 406 g/mol. The number of carbonyl (C=O) groups excluding carboxylic acids is 3. The van der Waals surface area contributed by atoms with Crippen molar-refractivity contribution in [1.29, 1.82) is 0 Å². The second-order valence-electron chi connectivity index (χ2n) is 8.80. The van der Waals surface area contributed by atoms with Crippen LogP contribution in [0, 0.1) is 13.8 Å². The van der Waals surface area contributed by atoms with E-state index in [2.05, 4.69) is 10.6 Å². The number of likely N-dealkylation sites (N-methyl/N-ethyl adjacent to an activating group) is 1.